The maximum Gasteiger partial charge on any atom is 0.232 e. The van der Waals surface area contributed by atoms with E-state index >= 15 is 0 Å². The minimum atomic E-state index is -0.214. The molecule has 0 aliphatic heterocycles. The predicted octanol–water partition coefficient (Wildman–Crippen LogP) is 0.0969. The molecule has 0 saturated carbocycles. The second kappa shape index (κ2) is 4.60. The molecular formula is C10H11N5O2. The lowest BCUT2D eigenvalue weighted by Crippen LogP contribution is -2.17. The van der Waals surface area contributed by atoms with Crippen LogP contribution in [0.25, 0.3) is 0 Å². The van der Waals surface area contributed by atoms with E-state index in [1.165, 1.54) is 16.8 Å². The summed E-state index contributed by atoms with van der Waals surface area (Å²) in [6.07, 6.45) is 0.102. The smallest absolute Gasteiger partial charge is 0.232 e. The molecule has 2 N–H and O–H groups in total. The molecule has 1 aromatic carbocycles. The topological polar surface area (TPSA) is 92.9 Å². The molecule has 88 valence electrons. The number of carbonyl (C=O) groups excluding carboxylic acids is 1. The Morgan fingerprint density at radius 2 is 2.12 bits per heavy atom. The van der Waals surface area contributed by atoms with E-state index in [1.54, 1.807) is 19.2 Å². The molecule has 0 saturated heterocycles. The molecule has 0 aliphatic carbocycles. The van der Waals surface area contributed by atoms with Crippen LogP contribution in [0.3, 0.4) is 0 Å². The van der Waals surface area contributed by atoms with Crippen LogP contribution in [0.1, 0.15) is 5.82 Å². The number of tetrazole rings is 1. The molecule has 0 atom stereocenters. The number of amides is 1. The number of phenolic OH excluding ortho intramolecular Hbond substituents is 1. The molecule has 0 bridgehead atoms. The van der Waals surface area contributed by atoms with Crippen LogP contribution in [0.2, 0.25) is 0 Å². The summed E-state index contributed by atoms with van der Waals surface area (Å²) in [5, 5.41) is 22.6. The molecule has 0 aliphatic rings. The van der Waals surface area contributed by atoms with Gasteiger partial charge in [-0.05, 0) is 34.7 Å². The zero-order chi connectivity index (χ0) is 12.3. The Kier molecular flexibility index (Phi) is 2.99. The molecule has 0 fully saturated rings. The van der Waals surface area contributed by atoms with E-state index in [1.807, 2.05) is 0 Å². The molecule has 7 heteroatoms. The average Bonchev–Trinajstić information content (AvgIpc) is 2.68. The Morgan fingerprint density at radius 3 is 2.71 bits per heavy atom. The van der Waals surface area contributed by atoms with E-state index in [0.717, 1.165) is 0 Å². The van der Waals surface area contributed by atoms with Crippen LogP contribution in [0.15, 0.2) is 24.3 Å². The number of benzene rings is 1. The van der Waals surface area contributed by atoms with Gasteiger partial charge in [0.2, 0.25) is 5.91 Å². The number of rotatable bonds is 3. The van der Waals surface area contributed by atoms with Crippen LogP contribution in [-0.2, 0) is 18.3 Å². The molecule has 2 aromatic rings. The number of phenols is 1. The van der Waals surface area contributed by atoms with Gasteiger partial charge in [-0.15, -0.1) is 5.10 Å². The monoisotopic (exact) mass is 233 g/mol. The van der Waals surface area contributed by atoms with Gasteiger partial charge < -0.3 is 10.4 Å². The lowest BCUT2D eigenvalue weighted by atomic mass is 10.3. The van der Waals surface area contributed by atoms with Gasteiger partial charge in [-0.25, -0.2) is 4.68 Å². The number of nitrogens with one attached hydrogen (secondary N) is 1. The van der Waals surface area contributed by atoms with Crippen molar-refractivity contribution in [1.82, 2.24) is 20.2 Å². The average molecular weight is 233 g/mol. The molecule has 0 spiro atoms. The van der Waals surface area contributed by atoms with Crippen LogP contribution >= 0.6 is 0 Å². The van der Waals surface area contributed by atoms with E-state index in [4.69, 9.17) is 5.11 Å². The Morgan fingerprint density at radius 1 is 1.41 bits per heavy atom. The molecule has 0 unspecified atom stereocenters. The first-order valence-electron chi connectivity index (χ1n) is 4.95. The first kappa shape index (κ1) is 11.1. The van der Waals surface area contributed by atoms with Crippen molar-refractivity contribution in [2.75, 3.05) is 5.32 Å². The highest BCUT2D eigenvalue weighted by atomic mass is 16.3. The minimum absolute atomic E-state index is 0.102. The molecule has 1 amide bonds. The van der Waals surface area contributed by atoms with Gasteiger partial charge in [0, 0.05) is 12.7 Å². The number of aryl methyl sites for hydroxylation is 1. The number of aromatic hydroxyl groups is 1. The summed E-state index contributed by atoms with van der Waals surface area (Å²) in [6, 6.07) is 6.23. The third-order valence-electron chi connectivity index (χ3n) is 2.18. The summed E-state index contributed by atoms with van der Waals surface area (Å²) in [7, 11) is 1.67. The highest BCUT2D eigenvalue weighted by Gasteiger charge is 2.09. The van der Waals surface area contributed by atoms with Crippen LogP contribution in [0.5, 0.6) is 5.75 Å². The maximum atomic E-state index is 11.6. The van der Waals surface area contributed by atoms with E-state index < -0.39 is 0 Å². The summed E-state index contributed by atoms with van der Waals surface area (Å²) in [5.41, 5.74) is 0.614. The van der Waals surface area contributed by atoms with Gasteiger partial charge in [0.15, 0.2) is 5.82 Å². The minimum Gasteiger partial charge on any atom is -0.508 e. The zero-order valence-corrected chi connectivity index (χ0v) is 9.16. The molecule has 17 heavy (non-hydrogen) atoms. The van der Waals surface area contributed by atoms with E-state index in [9.17, 15) is 4.79 Å². The summed E-state index contributed by atoms with van der Waals surface area (Å²) in [4.78, 5) is 11.6. The lowest BCUT2D eigenvalue weighted by Gasteiger charge is -2.04. The van der Waals surface area contributed by atoms with Crippen molar-refractivity contribution < 1.29 is 9.90 Å². The summed E-state index contributed by atoms with van der Waals surface area (Å²) in [5.74, 6) is 0.426. The zero-order valence-electron chi connectivity index (χ0n) is 9.16. The van der Waals surface area contributed by atoms with Crippen LogP contribution in [0, 0.1) is 0 Å². The second-order valence-corrected chi connectivity index (χ2v) is 3.49. The molecule has 1 aromatic heterocycles. The third kappa shape index (κ3) is 2.77. The number of hydrogen-bond acceptors (Lipinski definition) is 5. The van der Waals surface area contributed by atoms with Gasteiger partial charge >= 0.3 is 0 Å². The first-order valence-corrected chi connectivity index (χ1v) is 4.95. The quantitative estimate of drug-likeness (QED) is 0.733. The number of hydrogen-bond donors (Lipinski definition) is 2. The maximum absolute atomic E-state index is 11.6. The van der Waals surface area contributed by atoms with E-state index in [-0.39, 0.29) is 18.1 Å². The fraction of sp³-hybridized carbons (Fsp3) is 0.200. The number of anilines is 1. The first-order chi connectivity index (χ1) is 8.15. The van der Waals surface area contributed by atoms with Crippen molar-refractivity contribution in [3.8, 4) is 5.75 Å². The predicted molar refractivity (Wildman–Crippen MR) is 59.2 cm³/mol. The van der Waals surface area contributed by atoms with E-state index in [0.29, 0.717) is 11.5 Å². The number of carbonyl (C=O) groups is 1. The summed E-state index contributed by atoms with van der Waals surface area (Å²) >= 11 is 0. The number of nitrogens with zero attached hydrogens (tertiary/aromatic N) is 4. The molecular weight excluding hydrogens is 222 g/mol. The van der Waals surface area contributed by atoms with Gasteiger partial charge in [0.1, 0.15) is 5.75 Å². The van der Waals surface area contributed by atoms with Gasteiger partial charge in [0.05, 0.1) is 6.42 Å². The Labute approximate surface area is 97.1 Å². The molecule has 0 radical (unpaired) electrons. The Balaban J connectivity index is 1.98. The van der Waals surface area contributed by atoms with E-state index in [2.05, 4.69) is 20.8 Å². The second-order valence-electron chi connectivity index (χ2n) is 3.49. The van der Waals surface area contributed by atoms with Crippen molar-refractivity contribution in [1.29, 1.82) is 0 Å². The molecule has 7 nitrogen and oxygen atoms in total. The third-order valence-corrected chi connectivity index (χ3v) is 2.18. The van der Waals surface area contributed by atoms with Crippen molar-refractivity contribution in [2.24, 2.45) is 7.05 Å². The largest absolute Gasteiger partial charge is 0.508 e. The van der Waals surface area contributed by atoms with Crippen LogP contribution in [0.4, 0.5) is 5.69 Å². The highest BCUT2D eigenvalue weighted by molar-refractivity contribution is 5.91. The van der Waals surface area contributed by atoms with Gasteiger partial charge in [-0.1, -0.05) is 0 Å². The van der Waals surface area contributed by atoms with Crippen molar-refractivity contribution >= 4 is 11.6 Å². The highest BCUT2D eigenvalue weighted by Crippen LogP contribution is 2.13. The SMILES string of the molecule is Cn1nnnc1CC(=O)Nc1ccc(O)cc1. The van der Waals surface area contributed by atoms with Gasteiger partial charge in [-0.2, -0.15) is 0 Å². The van der Waals surface area contributed by atoms with Gasteiger partial charge in [0.25, 0.3) is 0 Å². The Bertz CT molecular complexity index is 520. The fourth-order valence-electron chi connectivity index (χ4n) is 1.29. The van der Waals surface area contributed by atoms with Crippen molar-refractivity contribution in [3.05, 3.63) is 30.1 Å². The molecule has 2 rings (SSSR count). The van der Waals surface area contributed by atoms with Crippen molar-refractivity contribution in [3.63, 3.8) is 0 Å². The van der Waals surface area contributed by atoms with Crippen LogP contribution < -0.4 is 5.32 Å². The molecule has 1 heterocycles. The Hall–Kier alpha value is -2.44. The van der Waals surface area contributed by atoms with Gasteiger partial charge in [-0.3, -0.25) is 4.79 Å². The summed E-state index contributed by atoms with van der Waals surface area (Å²) in [6.45, 7) is 0. The lowest BCUT2D eigenvalue weighted by molar-refractivity contribution is -0.115. The summed E-state index contributed by atoms with van der Waals surface area (Å²) < 4.78 is 1.44. The standard InChI is InChI=1S/C10H11N5O2/c1-15-9(12-13-14-15)6-10(17)11-7-2-4-8(16)5-3-7/h2-5,16H,6H2,1H3,(H,11,17). The van der Waals surface area contributed by atoms with Crippen molar-refractivity contribution in [2.45, 2.75) is 6.42 Å². The van der Waals surface area contributed by atoms with Crippen LogP contribution in [-0.4, -0.2) is 31.2 Å². The fourth-order valence-corrected chi connectivity index (χ4v) is 1.29. The normalized spacial score (nSPS) is 10.2. The number of aromatic nitrogens is 4.